The average Bonchev–Trinajstić information content (AvgIpc) is 2.64. The van der Waals surface area contributed by atoms with Gasteiger partial charge < -0.3 is 10.2 Å². The highest BCUT2D eigenvalue weighted by atomic mass is 32.2. The first-order chi connectivity index (χ1) is 14.5. The summed E-state index contributed by atoms with van der Waals surface area (Å²) < 4.78 is 25.0. The van der Waals surface area contributed by atoms with Gasteiger partial charge in [-0.25, -0.2) is 8.42 Å². The molecule has 2 amide bonds. The van der Waals surface area contributed by atoms with Crippen LogP contribution in [0.15, 0.2) is 42.5 Å². The first-order valence-corrected chi connectivity index (χ1v) is 12.3. The maximum absolute atomic E-state index is 12.7. The minimum atomic E-state index is -3.63. The van der Waals surface area contributed by atoms with Gasteiger partial charge in [-0.15, -0.1) is 0 Å². The van der Waals surface area contributed by atoms with Gasteiger partial charge in [0.2, 0.25) is 11.8 Å². The number of nitrogens with one attached hydrogen (secondary N) is 1. The number of rotatable bonds is 9. The van der Waals surface area contributed by atoms with E-state index >= 15 is 0 Å². The van der Waals surface area contributed by atoms with Crippen molar-refractivity contribution in [1.82, 2.24) is 0 Å². The predicted molar refractivity (Wildman–Crippen MR) is 126 cm³/mol. The first-order valence-electron chi connectivity index (χ1n) is 10.5. The lowest BCUT2D eigenvalue weighted by atomic mass is 10.0. The van der Waals surface area contributed by atoms with E-state index in [2.05, 4.69) is 5.32 Å². The molecule has 7 heteroatoms. The van der Waals surface area contributed by atoms with Gasteiger partial charge in [0.25, 0.3) is 0 Å². The van der Waals surface area contributed by atoms with Crippen LogP contribution in [-0.2, 0) is 19.4 Å². The van der Waals surface area contributed by atoms with Crippen LogP contribution >= 0.6 is 0 Å². The topological polar surface area (TPSA) is 83.5 Å². The number of nitrogens with zero attached hydrogens (tertiary/aromatic N) is 1. The fourth-order valence-corrected chi connectivity index (χ4v) is 4.92. The molecule has 2 aromatic rings. The lowest BCUT2D eigenvalue weighted by Gasteiger charge is -2.26. The molecule has 31 heavy (non-hydrogen) atoms. The average molecular weight is 445 g/mol. The van der Waals surface area contributed by atoms with Gasteiger partial charge in [-0.2, -0.15) is 0 Å². The van der Waals surface area contributed by atoms with Gasteiger partial charge in [-0.3, -0.25) is 9.59 Å². The van der Waals surface area contributed by atoms with Crippen LogP contribution in [0, 0.1) is 20.8 Å². The predicted octanol–water partition coefficient (Wildman–Crippen LogP) is 4.19. The number of sulfone groups is 1. The van der Waals surface area contributed by atoms with Gasteiger partial charge in [0.05, 0.1) is 5.75 Å². The van der Waals surface area contributed by atoms with Crippen LogP contribution in [0.3, 0.4) is 0 Å². The summed E-state index contributed by atoms with van der Waals surface area (Å²) in [6.07, 6.45) is 0.241. The molecule has 6 nitrogen and oxygen atoms in total. The first kappa shape index (κ1) is 24.6. The van der Waals surface area contributed by atoms with Gasteiger partial charge in [0.15, 0.2) is 9.84 Å². The zero-order valence-corrected chi connectivity index (χ0v) is 19.8. The van der Waals surface area contributed by atoms with E-state index in [1.165, 1.54) is 4.90 Å². The minimum absolute atomic E-state index is 0.0761. The van der Waals surface area contributed by atoms with Crippen LogP contribution in [0.25, 0.3) is 0 Å². The standard InChI is InChI=1S/C24H32N2O4S/c1-17(2)26(21-10-7-6-8-11-21)23(28)16-31(29,30)13-9-12-22(27)25-24-19(4)14-18(3)15-20(24)5/h6-8,10-11,14-15,17H,9,12-13,16H2,1-5H3,(H,25,27). The van der Waals surface area contributed by atoms with Crippen molar-refractivity contribution >= 4 is 33.0 Å². The quantitative estimate of drug-likeness (QED) is 0.629. The molecule has 0 bridgehead atoms. The second-order valence-corrected chi connectivity index (χ2v) is 10.4. The van der Waals surface area contributed by atoms with Gasteiger partial charge in [-0.1, -0.05) is 35.9 Å². The van der Waals surface area contributed by atoms with Crippen LogP contribution in [0.2, 0.25) is 0 Å². The van der Waals surface area contributed by atoms with Crippen molar-refractivity contribution in [3.05, 3.63) is 59.2 Å². The lowest BCUT2D eigenvalue weighted by Crippen LogP contribution is -2.41. The number of hydrogen-bond donors (Lipinski definition) is 1. The summed E-state index contributed by atoms with van der Waals surface area (Å²) in [6.45, 7) is 9.54. The van der Waals surface area contributed by atoms with Crippen molar-refractivity contribution in [3.63, 3.8) is 0 Å². The van der Waals surface area contributed by atoms with Gasteiger partial charge in [0, 0.05) is 23.8 Å². The Balaban J connectivity index is 1.93. The SMILES string of the molecule is Cc1cc(C)c(NC(=O)CCCS(=O)(=O)CC(=O)N(c2ccccc2)C(C)C)c(C)c1. The fraction of sp³-hybridized carbons (Fsp3) is 0.417. The number of amides is 2. The van der Waals surface area contributed by atoms with Crippen LogP contribution in [0.1, 0.15) is 43.4 Å². The Hall–Kier alpha value is -2.67. The number of benzene rings is 2. The maximum atomic E-state index is 12.7. The highest BCUT2D eigenvalue weighted by Crippen LogP contribution is 2.22. The van der Waals surface area contributed by atoms with Crippen LogP contribution < -0.4 is 10.2 Å². The van der Waals surface area contributed by atoms with E-state index in [1.54, 1.807) is 12.1 Å². The van der Waals surface area contributed by atoms with E-state index < -0.39 is 21.5 Å². The number of hydrogen-bond acceptors (Lipinski definition) is 4. The lowest BCUT2D eigenvalue weighted by molar-refractivity contribution is -0.117. The zero-order valence-electron chi connectivity index (χ0n) is 18.9. The number of anilines is 2. The van der Waals surface area contributed by atoms with Gasteiger partial charge in [0.1, 0.15) is 5.75 Å². The van der Waals surface area contributed by atoms with E-state index in [1.807, 2.05) is 65.0 Å². The fourth-order valence-electron chi connectivity index (χ4n) is 3.68. The van der Waals surface area contributed by atoms with Crippen molar-refractivity contribution in [2.45, 2.75) is 53.5 Å². The summed E-state index contributed by atoms with van der Waals surface area (Å²) in [4.78, 5) is 26.5. The molecule has 2 aromatic carbocycles. The summed E-state index contributed by atoms with van der Waals surface area (Å²) in [5.41, 5.74) is 4.50. The van der Waals surface area contributed by atoms with E-state index in [-0.39, 0.29) is 30.5 Å². The summed E-state index contributed by atoms with van der Waals surface area (Å²) in [6, 6.07) is 12.8. The second kappa shape index (κ2) is 10.6. The molecule has 1 N–H and O–H groups in total. The third kappa shape index (κ3) is 7.21. The van der Waals surface area contributed by atoms with Crippen LogP contribution in [0.4, 0.5) is 11.4 Å². The van der Waals surface area contributed by atoms with Gasteiger partial charge >= 0.3 is 0 Å². The Morgan fingerprint density at radius 3 is 2.13 bits per heavy atom. The molecule has 2 rings (SSSR count). The van der Waals surface area contributed by atoms with E-state index in [0.717, 1.165) is 22.4 Å². The molecule has 0 heterocycles. The molecule has 0 aliphatic rings. The number of carbonyl (C=O) groups excluding carboxylic acids is 2. The van der Waals surface area contributed by atoms with Crippen LogP contribution in [0.5, 0.6) is 0 Å². The zero-order chi connectivity index (χ0) is 23.2. The Labute approximate surface area is 185 Å². The molecule has 0 radical (unpaired) electrons. The summed E-state index contributed by atoms with van der Waals surface area (Å²) in [7, 11) is -3.63. The molecule has 0 aromatic heterocycles. The number of carbonyl (C=O) groups is 2. The van der Waals surface area contributed by atoms with Crippen molar-refractivity contribution < 1.29 is 18.0 Å². The largest absolute Gasteiger partial charge is 0.326 e. The van der Waals surface area contributed by atoms with Crippen molar-refractivity contribution in [3.8, 4) is 0 Å². The van der Waals surface area contributed by atoms with Gasteiger partial charge in [-0.05, 0) is 64.3 Å². The molecule has 0 fully saturated rings. The third-order valence-electron chi connectivity index (χ3n) is 4.96. The highest BCUT2D eigenvalue weighted by molar-refractivity contribution is 7.92. The van der Waals surface area contributed by atoms with E-state index in [4.69, 9.17) is 0 Å². The molecule has 0 spiro atoms. The smallest absolute Gasteiger partial charge is 0.242 e. The monoisotopic (exact) mass is 444 g/mol. The van der Waals surface area contributed by atoms with E-state index in [9.17, 15) is 18.0 Å². The minimum Gasteiger partial charge on any atom is -0.326 e. The highest BCUT2D eigenvalue weighted by Gasteiger charge is 2.25. The molecule has 0 saturated carbocycles. The number of para-hydroxylation sites is 1. The molecule has 0 atom stereocenters. The molecule has 0 unspecified atom stereocenters. The van der Waals surface area contributed by atoms with Crippen LogP contribution in [-0.4, -0.2) is 37.8 Å². The Kier molecular flexibility index (Phi) is 8.39. The summed E-state index contributed by atoms with van der Waals surface area (Å²) in [5, 5.41) is 2.88. The van der Waals surface area contributed by atoms with Crippen molar-refractivity contribution in [2.75, 3.05) is 21.7 Å². The summed E-state index contributed by atoms with van der Waals surface area (Å²) in [5.74, 6) is -1.47. The third-order valence-corrected chi connectivity index (χ3v) is 6.56. The second-order valence-electron chi connectivity index (χ2n) is 8.21. The normalized spacial score (nSPS) is 11.4. The Morgan fingerprint density at radius 1 is 1.00 bits per heavy atom. The molecular formula is C24H32N2O4S. The molecule has 0 saturated heterocycles. The maximum Gasteiger partial charge on any atom is 0.242 e. The molecule has 168 valence electrons. The van der Waals surface area contributed by atoms with Crippen molar-refractivity contribution in [2.24, 2.45) is 0 Å². The van der Waals surface area contributed by atoms with Crippen molar-refractivity contribution in [1.29, 1.82) is 0 Å². The Bertz CT molecular complexity index is 1010. The molecule has 0 aliphatic heterocycles. The Morgan fingerprint density at radius 2 is 1.58 bits per heavy atom. The summed E-state index contributed by atoms with van der Waals surface area (Å²) >= 11 is 0. The molecule has 0 aliphatic carbocycles. The molecular weight excluding hydrogens is 412 g/mol. The van der Waals surface area contributed by atoms with E-state index in [0.29, 0.717) is 5.69 Å². The number of aryl methyl sites for hydroxylation is 3.